The van der Waals surface area contributed by atoms with Gasteiger partial charge in [0.05, 0.1) is 18.8 Å². The number of halogens is 1. The second-order valence-corrected chi connectivity index (χ2v) is 5.25. The number of nitrogens with one attached hydrogen (secondary N) is 1. The molecule has 0 amide bonds. The molecule has 0 aliphatic carbocycles. The van der Waals surface area contributed by atoms with Gasteiger partial charge in [0, 0.05) is 19.8 Å². The molecule has 0 bridgehead atoms. The van der Waals surface area contributed by atoms with Crippen LogP contribution < -0.4 is 10.1 Å². The Morgan fingerprint density at radius 2 is 1.92 bits per heavy atom. The van der Waals surface area contributed by atoms with Crippen molar-refractivity contribution in [2.75, 3.05) is 27.2 Å². The van der Waals surface area contributed by atoms with Crippen molar-refractivity contribution in [3.8, 4) is 5.75 Å². The molecule has 0 aliphatic heterocycles. The molecular weight excluding hydrogens is 415 g/mol. The highest BCUT2D eigenvalue weighted by Crippen LogP contribution is 2.07. The maximum absolute atomic E-state index is 5.71. The maximum atomic E-state index is 5.71. The third-order valence-electron chi connectivity index (χ3n) is 3.39. The summed E-state index contributed by atoms with van der Waals surface area (Å²) in [6.45, 7) is 3.99. The molecule has 0 spiro atoms. The van der Waals surface area contributed by atoms with E-state index in [1.807, 2.05) is 67.4 Å². The summed E-state index contributed by atoms with van der Waals surface area (Å²) >= 11 is 0. The first-order valence-electron chi connectivity index (χ1n) is 7.71. The van der Waals surface area contributed by atoms with Gasteiger partial charge in [0.15, 0.2) is 5.96 Å². The Kier molecular flexibility index (Phi) is 9.14. The Balaban J connectivity index is 0.00000288. The summed E-state index contributed by atoms with van der Waals surface area (Å²) in [6.07, 6.45) is 0. The number of ether oxygens (including phenoxy) is 1. The summed E-state index contributed by atoms with van der Waals surface area (Å²) in [5.41, 5.74) is 2.02. The van der Waals surface area contributed by atoms with E-state index in [0.717, 1.165) is 29.6 Å². The van der Waals surface area contributed by atoms with Crippen molar-refractivity contribution in [1.29, 1.82) is 0 Å². The fourth-order valence-electron chi connectivity index (χ4n) is 2.18. The van der Waals surface area contributed by atoms with Gasteiger partial charge in [0.1, 0.15) is 12.4 Å². The Morgan fingerprint density at radius 3 is 2.58 bits per heavy atom. The molecule has 6 heteroatoms. The van der Waals surface area contributed by atoms with Gasteiger partial charge in [-0.2, -0.15) is 0 Å². The summed E-state index contributed by atoms with van der Waals surface area (Å²) in [4.78, 5) is 10.8. The molecule has 130 valence electrons. The van der Waals surface area contributed by atoms with Gasteiger partial charge in [-0.1, -0.05) is 24.3 Å². The molecule has 1 aromatic carbocycles. The van der Waals surface area contributed by atoms with Crippen molar-refractivity contribution in [3.05, 3.63) is 59.9 Å². The number of benzene rings is 1. The van der Waals surface area contributed by atoms with Gasteiger partial charge in [0.2, 0.25) is 0 Å². The Hall–Kier alpha value is -1.83. The minimum Gasteiger partial charge on any atom is -0.492 e. The van der Waals surface area contributed by atoms with Crippen LogP contribution in [0.4, 0.5) is 0 Å². The van der Waals surface area contributed by atoms with E-state index in [1.54, 1.807) is 7.05 Å². The van der Waals surface area contributed by atoms with Gasteiger partial charge in [0.25, 0.3) is 0 Å². The molecule has 0 unspecified atom stereocenters. The fourth-order valence-corrected chi connectivity index (χ4v) is 2.18. The molecule has 5 nitrogen and oxygen atoms in total. The second kappa shape index (κ2) is 10.9. The third-order valence-corrected chi connectivity index (χ3v) is 3.39. The molecule has 0 atom stereocenters. The molecule has 24 heavy (non-hydrogen) atoms. The lowest BCUT2D eigenvalue weighted by atomic mass is 10.3. The van der Waals surface area contributed by atoms with Crippen LogP contribution in [0.5, 0.6) is 5.75 Å². The predicted molar refractivity (Wildman–Crippen MR) is 109 cm³/mol. The number of aromatic nitrogens is 1. The number of aryl methyl sites for hydroxylation is 1. The number of hydrogen-bond donors (Lipinski definition) is 1. The normalized spacial score (nSPS) is 10.7. The van der Waals surface area contributed by atoms with E-state index in [4.69, 9.17) is 4.74 Å². The van der Waals surface area contributed by atoms with Crippen molar-refractivity contribution < 1.29 is 4.74 Å². The average molecular weight is 440 g/mol. The molecule has 0 saturated carbocycles. The first-order chi connectivity index (χ1) is 11.2. The highest BCUT2D eigenvalue weighted by molar-refractivity contribution is 14.0. The van der Waals surface area contributed by atoms with Crippen LogP contribution in [0.15, 0.2) is 53.5 Å². The summed E-state index contributed by atoms with van der Waals surface area (Å²) in [5, 5.41) is 3.32. The molecule has 1 aromatic heterocycles. The zero-order valence-electron chi connectivity index (χ0n) is 14.4. The number of likely N-dealkylation sites (N-methyl/N-ethyl adjacent to an activating group) is 1. The van der Waals surface area contributed by atoms with E-state index in [1.165, 1.54) is 0 Å². The lowest BCUT2D eigenvalue weighted by Crippen LogP contribution is -2.40. The molecule has 1 heterocycles. The molecule has 0 aliphatic rings. The van der Waals surface area contributed by atoms with E-state index in [0.29, 0.717) is 13.2 Å². The summed E-state index contributed by atoms with van der Waals surface area (Å²) in [5.74, 6) is 1.71. The standard InChI is InChI=1S/C18H24N4O.HI/c1-15-8-7-9-16(21-15)14-20-18(19-2)22(3)12-13-23-17-10-5-4-6-11-17;/h4-11H,12-14H2,1-3H3,(H,19,20);1H. The number of pyridine rings is 1. The molecule has 0 fully saturated rings. The Bertz CT molecular complexity index is 634. The van der Waals surface area contributed by atoms with E-state index in [-0.39, 0.29) is 24.0 Å². The largest absolute Gasteiger partial charge is 0.492 e. The van der Waals surface area contributed by atoms with E-state index in [9.17, 15) is 0 Å². The molecule has 2 aromatic rings. The average Bonchev–Trinajstić information content (AvgIpc) is 2.56. The van der Waals surface area contributed by atoms with Crippen molar-refractivity contribution in [2.24, 2.45) is 4.99 Å². The number of guanidine groups is 1. The van der Waals surface area contributed by atoms with Gasteiger partial charge in [-0.3, -0.25) is 9.98 Å². The fraction of sp³-hybridized carbons (Fsp3) is 0.333. The quantitative estimate of drug-likeness (QED) is 0.426. The van der Waals surface area contributed by atoms with Crippen molar-refractivity contribution in [3.63, 3.8) is 0 Å². The number of aliphatic imine (C=N–C) groups is 1. The monoisotopic (exact) mass is 440 g/mol. The van der Waals surface area contributed by atoms with Crippen molar-refractivity contribution in [1.82, 2.24) is 15.2 Å². The maximum Gasteiger partial charge on any atom is 0.193 e. The third kappa shape index (κ3) is 6.74. The van der Waals surface area contributed by atoms with Crippen LogP contribution in [0.2, 0.25) is 0 Å². The van der Waals surface area contributed by atoms with Crippen LogP contribution in [0.25, 0.3) is 0 Å². The smallest absolute Gasteiger partial charge is 0.193 e. The number of nitrogens with zero attached hydrogens (tertiary/aromatic N) is 3. The molecule has 0 radical (unpaired) electrons. The first kappa shape index (κ1) is 20.2. The van der Waals surface area contributed by atoms with Crippen LogP contribution in [0, 0.1) is 6.92 Å². The minimum absolute atomic E-state index is 0. The number of para-hydroxylation sites is 1. The summed E-state index contributed by atoms with van der Waals surface area (Å²) < 4.78 is 5.71. The minimum atomic E-state index is 0. The second-order valence-electron chi connectivity index (χ2n) is 5.25. The molecule has 2 rings (SSSR count). The Morgan fingerprint density at radius 1 is 1.17 bits per heavy atom. The molecule has 0 saturated heterocycles. The van der Waals surface area contributed by atoms with Crippen molar-refractivity contribution >= 4 is 29.9 Å². The van der Waals surface area contributed by atoms with Gasteiger partial charge in [-0.05, 0) is 31.2 Å². The highest BCUT2D eigenvalue weighted by Gasteiger charge is 2.06. The van der Waals surface area contributed by atoms with E-state index < -0.39 is 0 Å². The Labute approximate surface area is 161 Å². The van der Waals surface area contributed by atoms with E-state index in [2.05, 4.69) is 15.3 Å². The van der Waals surface area contributed by atoms with Crippen LogP contribution in [-0.4, -0.2) is 43.1 Å². The molecular formula is C18H25IN4O. The molecule has 1 N–H and O–H groups in total. The van der Waals surface area contributed by atoms with Crippen LogP contribution in [-0.2, 0) is 6.54 Å². The lowest BCUT2D eigenvalue weighted by Gasteiger charge is -2.22. The SMILES string of the molecule is CN=C(NCc1cccc(C)n1)N(C)CCOc1ccccc1.I. The zero-order chi connectivity index (χ0) is 16.5. The zero-order valence-corrected chi connectivity index (χ0v) is 16.7. The van der Waals surface area contributed by atoms with E-state index >= 15 is 0 Å². The first-order valence-corrected chi connectivity index (χ1v) is 7.71. The van der Waals surface area contributed by atoms with Crippen LogP contribution in [0.1, 0.15) is 11.4 Å². The van der Waals surface area contributed by atoms with Gasteiger partial charge >= 0.3 is 0 Å². The predicted octanol–water partition coefficient (Wildman–Crippen LogP) is 3.09. The number of rotatable bonds is 6. The number of hydrogen-bond acceptors (Lipinski definition) is 3. The topological polar surface area (TPSA) is 49.8 Å². The summed E-state index contributed by atoms with van der Waals surface area (Å²) in [7, 11) is 3.77. The van der Waals surface area contributed by atoms with Gasteiger partial charge < -0.3 is 15.0 Å². The van der Waals surface area contributed by atoms with Crippen LogP contribution >= 0.6 is 24.0 Å². The summed E-state index contributed by atoms with van der Waals surface area (Å²) in [6, 6.07) is 15.8. The van der Waals surface area contributed by atoms with Gasteiger partial charge in [-0.25, -0.2) is 0 Å². The van der Waals surface area contributed by atoms with Crippen LogP contribution in [0.3, 0.4) is 0 Å². The lowest BCUT2D eigenvalue weighted by molar-refractivity contribution is 0.281. The van der Waals surface area contributed by atoms with Crippen molar-refractivity contribution in [2.45, 2.75) is 13.5 Å². The van der Waals surface area contributed by atoms with Gasteiger partial charge in [-0.15, -0.1) is 24.0 Å². The highest BCUT2D eigenvalue weighted by atomic mass is 127.